The lowest BCUT2D eigenvalue weighted by Crippen LogP contribution is -2.08. The zero-order valence-electron chi connectivity index (χ0n) is 10.7. The van der Waals surface area contributed by atoms with E-state index in [4.69, 9.17) is 5.73 Å². The summed E-state index contributed by atoms with van der Waals surface area (Å²) in [6, 6.07) is 2.66. The summed E-state index contributed by atoms with van der Waals surface area (Å²) in [6.07, 6.45) is 7.70. The summed E-state index contributed by atoms with van der Waals surface area (Å²) >= 11 is 4.02. The first-order chi connectivity index (χ1) is 8.31. The fraction of sp³-hybridized carbons (Fsp3) is 0.714. The number of thioether (sulfide) groups is 1. The standard InChI is InChI=1S/C14H23NS2/c1-2-3-4-5-6-12(15)14-9-11-10-16-8-7-13(11)17-14/h9,12H,2-8,10,15H2,1H3. The summed E-state index contributed by atoms with van der Waals surface area (Å²) in [4.78, 5) is 3.02. The highest BCUT2D eigenvalue weighted by Crippen LogP contribution is 2.35. The molecule has 0 fully saturated rings. The van der Waals surface area contributed by atoms with Gasteiger partial charge in [-0.25, -0.2) is 0 Å². The van der Waals surface area contributed by atoms with Crippen LogP contribution in [-0.2, 0) is 12.2 Å². The van der Waals surface area contributed by atoms with Gasteiger partial charge in [0, 0.05) is 21.5 Å². The molecule has 0 spiro atoms. The normalized spacial score (nSPS) is 16.8. The topological polar surface area (TPSA) is 26.0 Å². The second-order valence-corrected chi connectivity index (χ2v) is 7.13. The van der Waals surface area contributed by atoms with Crippen molar-refractivity contribution in [2.75, 3.05) is 5.75 Å². The van der Waals surface area contributed by atoms with E-state index in [1.54, 1.807) is 10.4 Å². The van der Waals surface area contributed by atoms with Gasteiger partial charge < -0.3 is 5.73 Å². The molecule has 1 aromatic rings. The Labute approximate surface area is 113 Å². The number of unbranched alkanes of at least 4 members (excludes halogenated alkanes) is 3. The van der Waals surface area contributed by atoms with Crippen molar-refractivity contribution in [3.8, 4) is 0 Å². The molecule has 2 N–H and O–H groups in total. The summed E-state index contributed by atoms with van der Waals surface area (Å²) in [6.45, 7) is 2.25. The third kappa shape index (κ3) is 3.73. The van der Waals surface area contributed by atoms with Crippen LogP contribution in [0.5, 0.6) is 0 Å². The molecule has 1 nitrogen and oxygen atoms in total. The van der Waals surface area contributed by atoms with Gasteiger partial charge in [0.25, 0.3) is 0 Å². The van der Waals surface area contributed by atoms with Gasteiger partial charge in [0.2, 0.25) is 0 Å². The van der Waals surface area contributed by atoms with Gasteiger partial charge in [0.15, 0.2) is 0 Å². The number of hydrogen-bond acceptors (Lipinski definition) is 3. The van der Waals surface area contributed by atoms with Gasteiger partial charge in [-0.3, -0.25) is 0 Å². The molecule has 2 rings (SSSR count). The van der Waals surface area contributed by atoms with E-state index < -0.39 is 0 Å². The molecule has 3 heteroatoms. The van der Waals surface area contributed by atoms with E-state index in [9.17, 15) is 0 Å². The van der Waals surface area contributed by atoms with Gasteiger partial charge in [0.1, 0.15) is 0 Å². The quantitative estimate of drug-likeness (QED) is 0.769. The summed E-state index contributed by atoms with van der Waals surface area (Å²) in [5.41, 5.74) is 7.85. The molecule has 0 radical (unpaired) electrons. The van der Waals surface area contributed by atoms with Crippen molar-refractivity contribution in [1.29, 1.82) is 0 Å². The molecule has 1 aromatic heterocycles. The Bertz CT molecular complexity index is 322. The molecule has 1 aliphatic heterocycles. The largest absolute Gasteiger partial charge is 0.323 e. The van der Waals surface area contributed by atoms with E-state index in [1.165, 1.54) is 48.5 Å². The minimum Gasteiger partial charge on any atom is -0.323 e. The molecule has 1 atom stereocenters. The first-order valence-electron chi connectivity index (χ1n) is 6.76. The monoisotopic (exact) mass is 269 g/mol. The highest BCUT2D eigenvalue weighted by molar-refractivity contribution is 7.98. The lowest BCUT2D eigenvalue weighted by Gasteiger charge is -2.08. The molecular weight excluding hydrogens is 246 g/mol. The molecule has 0 saturated carbocycles. The minimum atomic E-state index is 0.285. The highest BCUT2D eigenvalue weighted by Gasteiger charge is 2.16. The average molecular weight is 269 g/mol. The maximum atomic E-state index is 6.29. The van der Waals surface area contributed by atoms with E-state index in [-0.39, 0.29) is 6.04 Å². The van der Waals surface area contributed by atoms with E-state index in [0.717, 1.165) is 6.42 Å². The molecule has 1 unspecified atom stereocenters. The predicted octanol–water partition coefficient (Wildman–Crippen LogP) is 4.51. The Hall–Kier alpha value is 0.01000. The second-order valence-electron chi connectivity index (χ2n) is 4.86. The number of fused-ring (bicyclic) bond motifs is 1. The van der Waals surface area contributed by atoms with Crippen LogP contribution in [-0.4, -0.2) is 5.75 Å². The Morgan fingerprint density at radius 2 is 2.24 bits per heavy atom. The molecular formula is C14H23NS2. The molecule has 0 bridgehead atoms. The highest BCUT2D eigenvalue weighted by atomic mass is 32.2. The Morgan fingerprint density at radius 1 is 1.35 bits per heavy atom. The molecule has 1 aliphatic rings. The number of rotatable bonds is 6. The molecule has 2 heterocycles. The lowest BCUT2D eigenvalue weighted by molar-refractivity contribution is 0.571. The second kappa shape index (κ2) is 6.81. The number of nitrogens with two attached hydrogens (primary N) is 1. The van der Waals surface area contributed by atoms with Crippen molar-refractivity contribution in [2.24, 2.45) is 5.73 Å². The van der Waals surface area contributed by atoms with Crippen LogP contribution in [0.25, 0.3) is 0 Å². The van der Waals surface area contributed by atoms with Crippen LogP contribution in [0.4, 0.5) is 0 Å². The molecule has 96 valence electrons. The van der Waals surface area contributed by atoms with Gasteiger partial charge in [0.05, 0.1) is 0 Å². The van der Waals surface area contributed by atoms with Gasteiger partial charge in [-0.1, -0.05) is 32.6 Å². The molecule has 0 amide bonds. The zero-order chi connectivity index (χ0) is 12.1. The Morgan fingerprint density at radius 3 is 3.00 bits per heavy atom. The lowest BCUT2D eigenvalue weighted by atomic mass is 10.1. The first-order valence-corrected chi connectivity index (χ1v) is 8.73. The number of aryl methyl sites for hydroxylation is 1. The molecule has 0 aromatic carbocycles. The first kappa shape index (κ1) is 13.4. The summed E-state index contributed by atoms with van der Waals surface area (Å²) < 4.78 is 0. The fourth-order valence-corrected chi connectivity index (χ4v) is 4.70. The Balaban J connectivity index is 1.86. The smallest absolute Gasteiger partial charge is 0.0389 e. The van der Waals surface area contributed by atoms with Crippen molar-refractivity contribution < 1.29 is 0 Å². The van der Waals surface area contributed by atoms with Crippen LogP contribution < -0.4 is 5.73 Å². The van der Waals surface area contributed by atoms with Crippen molar-refractivity contribution in [1.82, 2.24) is 0 Å². The summed E-state index contributed by atoms with van der Waals surface area (Å²) in [5, 5.41) is 0. The Kier molecular flexibility index (Phi) is 5.39. The van der Waals surface area contributed by atoms with Crippen molar-refractivity contribution in [3.63, 3.8) is 0 Å². The van der Waals surface area contributed by atoms with Crippen LogP contribution >= 0.6 is 23.1 Å². The van der Waals surface area contributed by atoms with Crippen molar-refractivity contribution in [2.45, 2.75) is 57.2 Å². The van der Waals surface area contributed by atoms with Crippen molar-refractivity contribution in [3.05, 3.63) is 21.4 Å². The summed E-state index contributed by atoms with van der Waals surface area (Å²) in [7, 11) is 0. The van der Waals surface area contributed by atoms with Crippen LogP contribution in [0.2, 0.25) is 0 Å². The van der Waals surface area contributed by atoms with Crippen LogP contribution in [0.15, 0.2) is 6.07 Å². The number of thiophene rings is 1. The third-order valence-electron chi connectivity index (χ3n) is 3.38. The van der Waals surface area contributed by atoms with E-state index in [0.29, 0.717) is 0 Å². The molecule has 0 aliphatic carbocycles. The summed E-state index contributed by atoms with van der Waals surface area (Å²) in [5.74, 6) is 2.49. The maximum Gasteiger partial charge on any atom is 0.0389 e. The van der Waals surface area contributed by atoms with E-state index in [2.05, 4.69) is 24.8 Å². The van der Waals surface area contributed by atoms with E-state index in [1.807, 2.05) is 11.3 Å². The van der Waals surface area contributed by atoms with Crippen LogP contribution in [0.3, 0.4) is 0 Å². The van der Waals surface area contributed by atoms with Crippen LogP contribution in [0.1, 0.15) is 60.4 Å². The van der Waals surface area contributed by atoms with E-state index >= 15 is 0 Å². The third-order valence-corrected chi connectivity index (χ3v) is 5.76. The number of hydrogen-bond donors (Lipinski definition) is 1. The fourth-order valence-electron chi connectivity index (χ4n) is 2.29. The predicted molar refractivity (Wildman–Crippen MR) is 79.9 cm³/mol. The zero-order valence-corrected chi connectivity index (χ0v) is 12.3. The van der Waals surface area contributed by atoms with Gasteiger partial charge in [-0.2, -0.15) is 11.8 Å². The van der Waals surface area contributed by atoms with Crippen LogP contribution in [0, 0.1) is 0 Å². The average Bonchev–Trinajstić information content (AvgIpc) is 2.78. The molecule has 17 heavy (non-hydrogen) atoms. The molecule has 0 saturated heterocycles. The maximum absolute atomic E-state index is 6.29. The SMILES string of the molecule is CCCCCCC(N)c1cc2c(s1)CCSC2. The van der Waals surface area contributed by atoms with Crippen molar-refractivity contribution >= 4 is 23.1 Å². The van der Waals surface area contributed by atoms with Gasteiger partial charge >= 0.3 is 0 Å². The van der Waals surface area contributed by atoms with Gasteiger partial charge in [-0.15, -0.1) is 11.3 Å². The van der Waals surface area contributed by atoms with Gasteiger partial charge in [-0.05, 0) is 30.2 Å². The minimum absolute atomic E-state index is 0.285.